The topological polar surface area (TPSA) is 88.4 Å². The molecule has 0 aromatic carbocycles. The van der Waals surface area contributed by atoms with Gasteiger partial charge in [-0.05, 0) is 31.7 Å². The summed E-state index contributed by atoms with van der Waals surface area (Å²) in [6, 6.07) is 1.53. The van der Waals surface area contributed by atoms with Crippen molar-refractivity contribution in [2.45, 2.75) is 25.9 Å². The Morgan fingerprint density at radius 2 is 2.08 bits per heavy atom. The Labute approximate surface area is 136 Å². The molecule has 2 rings (SSSR count). The molecule has 0 spiro atoms. The fraction of sp³-hybridized carbons (Fsp3) is 0.571. The summed E-state index contributed by atoms with van der Waals surface area (Å²) in [5.74, 6) is -1.65. The minimum absolute atomic E-state index is 0.0178. The van der Waals surface area contributed by atoms with Crippen LogP contribution in [0, 0.1) is 23.0 Å². The van der Waals surface area contributed by atoms with E-state index in [4.69, 9.17) is 0 Å². The third-order valence-electron chi connectivity index (χ3n) is 4.01. The van der Waals surface area contributed by atoms with Crippen LogP contribution in [0.5, 0.6) is 0 Å². The van der Waals surface area contributed by atoms with Crippen LogP contribution in [0.1, 0.15) is 18.4 Å². The molecule has 0 unspecified atom stereocenters. The van der Waals surface area contributed by atoms with Crippen LogP contribution in [0.25, 0.3) is 0 Å². The van der Waals surface area contributed by atoms with Gasteiger partial charge in [0.05, 0.1) is 4.92 Å². The highest BCUT2D eigenvalue weighted by Crippen LogP contribution is 2.27. The van der Waals surface area contributed by atoms with E-state index < -0.39 is 17.0 Å². The van der Waals surface area contributed by atoms with E-state index in [2.05, 4.69) is 10.3 Å². The molecule has 10 heteroatoms. The lowest BCUT2D eigenvalue weighted by molar-refractivity contribution is -0.384. The quantitative estimate of drug-likeness (QED) is 0.668. The Morgan fingerprint density at radius 1 is 1.46 bits per heavy atom. The molecule has 24 heavy (non-hydrogen) atoms. The van der Waals surface area contributed by atoms with Crippen molar-refractivity contribution in [3.63, 3.8) is 0 Å². The number of carbonyl (C=O) groups is 1. The van der Waals surface area contributed by atoms with Crippen LogP contribution in [0.3, 0.4) is 0 Å². The van der Waals surface area contributed by atoms with Gasteiger partial charge in [0.25, 0.3) is 0 Å². The maximum atomic E-state index is 12.4. The van der Waals surface area contributed by atoms with Crippen molar-refractivity contribution < 1.29 is 22.9 Å². The standard InChI is InChI=1S/C14H17F3N4O3/c1-9-2-5-18-12(11(9)21(23)24)19-8-10-3-6-20(7-4-10)13(22)14(15,16)17/h2,5,10H,3-4,6-8H2,1H3,(H,18,19). The van der Waals surface area contributed by atoms with E-state index in [0.29, 0.717) is 24.9 Å². The largest absolute Gasteiger partial charge is 0.471 e. The molecule has 132 valence electrons. The minimum atomic E-state index is -4.85. The number of pyridine rings is 1. The highest BCUT2D eigenvalue weighted by atomic mass is 19.4. The lowest BCUT2D eigenvalue weighted by Crippen LogP contribution is -2.46. The molecule has 0 atom stereocenters. The average Bonchev–Trinajstić information content (AvgIpc) is 2.51. The molecule has 1 aromatic heterocycles. The zero-order valence-corrected chi connectivity index (χ0v) is 13.0. The van der Waals surface area contributed by atoms with Gasteiger partial charge < -0.3 is 10.2 Å². The van der Waals surface area contributed by atoms with Crippen molar-refractivity contribution in [3.8, 4) is 0 Å². The Balaban J connectivity index is 1.91. The van der Waals surface area contributed by atoms with Gasteiger partial charge in [0, 0.05) is 31.4 Å². The first-order chi connectivity index (χ1) is 11.2. The Kier molecular flexibility index (Phi) is 5.25. The van der Waals surface area contributed by atoms with Gasteiger partial charge in [0.1, 0.15) is 0 Å². The Hall–Kier alpha value is -2.39. The molecule has 1 N–H and O–H groups in total. The number of hydrogen-bond donors (Lipinski definition) is 1. The van der Waals surface area contributed by atoms with E-state index >= 15 is 0 Å². The number of likely N-dealkylation sites (tertiary alicyclic amines) is 1. The number of nitro groups is 1. The Morgan fingerprint density at radius 3 is 2.62 bits per heavy atom. The van der Waals surface area contributed by atoms with Crippen molar-refractivity contribution in [1.82, 2.24) is 9.88 Å². The summed E-state index contributed by atoms with van der Waals surface area (Å²) < 4.78 is 37.1. The van der Waals surface area contributed by atoms with Gasteiger partial charge in [-0.3, -0.25) is 14.9 Å². The number of nitrogens with zero attached hydrogens (tertiary/aromatic N) is 3. The second-order valence-corrected chi connectivity index (χ2v) is 5.70. The molecule has 1 aromatic rings. The molecule has 1 aliphatic heterocycles. The highest BCUT2D eigenvalue weighted by molar-refractivity contribution is 5.81. The van der Waals surface area contributed by atoms with E-state index in [1.807, 2.05) is 0 Å². The van der Waals surface area contributed by atoms with Crippen LogP contribution >= 0.6 is 0 Å². The fourth-order valence-corrected chi connectivity index (χ4v) is 2.67. The van der Waals surface area contributed by atoms with Crippen molar-refractivity contribution in [2.24, 2.45) is 5.92 Å². The van der Waals surface area contributed by atoms with Crippen molar-refractivity contribution in [1.29, 1.82) is 0 Å². The van der Waals surface area contributed by atoms with Crippen LogP contribution in [-0.4, -0.2) is 46.5 Å². The molecular formula is C14H17F3N4O3. The van der Waals surface area contributed by atoms with E-state index in [1.165, 1.54) is 12.3 Å². The molecule has 0 saturated carbocycles. The molecule has 1 fully saturated rings. The van der Waals surface area contributed by atoms with E-state index in [-0.39, 0.29) is 30.5 Å². The van der Waals surface area contributed by atoms with Crippen molar-refractivity contribution >= 4 is 17.4 Å². The van der Waals surface area contributed by atoms with Gasteiger partial charge >= 0.3 is 17.8 Å². The van der Waals surface area contributed by atoms with Gasteiger partial charge in [-0.15, -0.1) is 0 Å². The number of rotatable bonds is 4. The number of anilines is 1. The number of aryl methyl sites for hydroxylation is 1. The first-order valence-corrected chi connectivity index (χ1v) is 7.40. The van der Waals surface area contributed by atoms with Crippen LogP contribution in [0.15, 0.2) is 12.3 Å². The molecule has 2 heterocycles. The summed E-state index contributed by atoms with van der Waals surface area (Å²) in [5, 5.41) is 14.0. The second-order valence-electron chi connectivity index (χ2n) is 5.70. The number of alkyl halides is 3. The summed E-state index contributed by atoms with van der Waals surface area (Å²) in [4.78, 5) is 26.5. The molecule has 1 amide bonds. The zero-order chi connectivity index (χ0) is 17.9. The van der Waals surface area contributed by atoms with Crippen LogP contribution in [0.2, 0.25) is 0 Å². The van der Waals surface area contributed by atoms with Crippen LogP contribution in [-0.2, 0) is 4.79 Å². The second kappa shape index (κ2) is 7.02. The van der Waals surface area contributed by atoms with Gasteiger partial charge in [-0.25, -0.2) is 4.98 Å². The number of amides is 1. The van der Waals surface area contributed by atoms with Gasteiger partial charge in [-0.1, -0.05) is 0 Å². The number of aromatic nitrogens is 1. The summed E-state index contributed by atoms with van der Waals surface area (Å²) in [6.07, 6.45) is -2.60. The normalized spacial score (nSPS) is 16.1. The molecule has 7 nitrogen and oxygen atoms in total. The van der Waals surface area contributed by atoms with Gasteiger partial charge in [-0.2, -0.15) is 13.2 Å². The van der Waals surface area contributed by atoms with Crippen molar-refractivity contribution in [2.75, 3.05) is 25.0 Å². The lowest BCUT2D eigenvalue weighted by atomic mass is 9.96. The van der Waals surface area contributed by atoms with Crippen LogP contribution in [0.4, 0.5) is 24.7 Å². The number of hydrogen-bond acceptors (Lipinski definition) is 5. The maximum absolute atomic E-state index is 12.4. The molecule has 0 radical (unpaired) electrons. The van der Waals surface area contributed by atoms with Gasteiger partial charge in [0.15, 0.2) is 0 Å². The molecule has 0 aliphatic carbocycles. The number of piperidine rings is 1. The molecular weight excluding hydrogens is 329 g/mol. The molecule has 1 saturated heterocycles. The summed E-state index contributed by atoms with van der Waals surface area (Å²) in [5.41, 5.74) is 0.366. The zero-order valence-electron chi connectivity index (χ0n) is 13.0. The Bertz CT molecular complexity index is 628. The first kappa shape index (κ1) is 18.0. The fourth-order valence-electron chi connectivity index (χ4n) is 2.67. The van der Waals surface area contributed by atoms with E-state index in [0.717, 1.165) is 4.90 Å². The highest BCUT2D eigenvalue weighted by Gasteiger charge is 2.43. The molecule has 0 bridgehead atoms. The third-order valence-corrected chi connectivity index (χ3v) is 4.01. The van der Waals surface area contributed by atoms with Gasteiger partial charge in [0.2, 0.25) is 5.82 Å². The minimum Gasteiger partial charge on any atom is -0.364 e. The predicted octanol–water partition coefficient (Wildman–Crippen LogP) is 2.51. The van der Waals surface area contributed by atoms with Crippen molar-refractivity contribution in [3.05, 3.63) is 27.9 Å². The lowest BCUT2D eigenvalue weighted by Gasteiger charge is -2.32. The third kappa shape index (κ3) is 4.12. The van der Waals surface area contributed by atoms with E-state index in [1.54, 1.807) is 6.92 Å². The first-order valence-electron chi connectivity index (χ1n) is 7.40. The average molecular weight is 346 g/mol. The predicted molar refractivity (Wildman–Crippen MR) is 79.5 cm³/mol. The number of halogens is 3. The summed E-state index contributed by atoms with van der Waals surface area (Å²) in [6.45, 7) is 2.00. The summed E-state index contributed by atoms with van der Waals surface area (Å²) >= 11 is 0. The number of nitrogens with one attached hydrogen (secondary N) is 1. The maximum Gasteiger partial charge on any atom is 0.471 e. The number of carbonyl (C=O) groups excluding carboxylic acids is 1. The monoisotopic (exact) mass is 346 g/mol. The SMILES string of the molecule is Cc1ccnc(NCC2CCN(C(=O)C(F)(F)F)CC2)c1[N+](=O)[O-]. The smallest absolute Gasteiger partial charge is 0.364 e. The summed E-state index contributed by atoms with van der Waals surface area (Å²) in [7, 11) is 0. The molecule has 1 aliphatic rings. The van der Waals surface area contributed by atoms with E-state index in [9.17, 15) is 28.1 Å². The van der Waals surface area contributed by atoms with Crippen LogP contribution < -0.4 is 5.32 Å².